The Labute approximate surface area is 131 Å². The Morgan fingerprint density at radius 3 is 2.57 bits per heavy atom. The van der Waals surface area contributed by atoms with Gasteiger partial charge in [0.1, 0.15) is 11.4 Å². The molecule has 0 aromatic carbocycles. The van der Waals surface area contributed by atoms with Gasteiger partial charge in [-0.15, -0.1) is 0 Å². The van der Waals surface area contributed by atoms with Crippen molar-refractivity contribution in [2.75, 3.05) is 7.11 Å². The number of hydrogen-bond donors (Lipinski definition) is 2. The van der Waals surface area contributed by atoms with E-state index in [2.05, 4.69) is 20.0 Å². The van der Waals surface area contributed by atoms with Crippen LogP contribution in [0.2, 0.25) is 0 Å². The lowest BCUT2D eigenvalue weighted by atomic mass is 9.89. The number of alkyl halides is 1. The molecule has 23 heavy (non-hydrogen) atoms. The number of amidine groups is 1. The van der Waals surface area contributed by atoms with Crippen LogP contribution in [-0.4, -0.2) is 53.1 Å². The number of ether oxygens (including phenoxy) is 1. The molecule has 0 spiro atoms. The fourth-order valence-corrected chi connectivity index (χ4v) is 2.28. The monoisotopic (exact) mass is 329 g/mol. The van der Waals surface area contributed by atoms with E-state index in [1.807, 2.05) is 0 Å². The van der Waals surface area contributed by atoms with Crippen molar-refractivity contribution in [1.29, 1.82) is 0 Å². The average Bonchev–Trinajstić information content (AvgIpc) is 2.75. The van der Waals surface area contributed by atoms with Gasteiger partial charge in [0.15, 0.2) is 11.9 Å². The van der Waals surface area contributed by atoms with E-state index in [9.17, 15) is 18.4 Å². The van der Waals surface area contributed by atoms with Crippen LogP contribution in [0.3, 0.4) is 0 Å². The Balaban J connectivity index is 2.54. The maximum absolute atomic E-state index is 14.8. The molecule has 3 unspecified atom stereocenters. The molecule has 2 rings (SSSR count). The van der Waals surface area contributed by atoms with Crippen LogP contribution in [0, 0.1) is 5.92 Å². The third-order valence-corrected chi connectivity index (χ3v) is 4.14. The van der Waals surface area contributed by atoms with E-state index >= 15 is 0 Å². The first-order valence-corrected chi connectivity index (χ1v) is 6.90. The number of nitrogens with one attached hydrogen (secondary N) is 1. The summed E-state index contributed by atoms with van der Waals surface area (Å²) in [5.41, 5.74) is -4.36. The highest BCUT2D eigenvalue weighted by molar-refractivity contribution is 6.13. The van der Waals surface area contributed by atoms with E-state index in [0.717, 1.165) is 7.11 Å². The SMILES string of the molecule is COC1=NC(C2=NC(C)(C(C)C)C(=O)N2)C(F)(C(=O)O)C=C1F. The minimum Gasteiger partial charge on any atom is -0.479 e. The first kappa shape index (κ1) is 17.0. The fraction of sp³-hybridized carbons (Fsp3) is 0.571. The van der Waals surface area contributed by atoms with Gasteiger partial charge in [-0.25, -0.2) is 18.6 Å². The second kappa shape index (κ2) is 5.39. The number of dihydropyridines is 1. The smallest absolute Gasteiger partial charge is 0.348 e. The summed E-state index contributed by atoms with van der Waals surface area (Å²) in [6, 6.07) is -1.75. The molecule has 0 radical (unpaired) electrons. The Kier molecular flexibility index (Phi) is 4.00. The van der Waals surface area contributed by atoms with Crippen molar-refractivity contribution in [1.82, 2.24) is 5.32 Å². The first-order chi connectivity index (χ1) is 10.6. The number of hydrogen-bond acceptors (Lipinski definition) is 5. The molecule has 0 fully saturated rings. The lowest BCUT2D eigenvalue weighted by molar-refractivity contribution is -0.148. The highest BCUT2D eigenvalue weighted by Gasteiger charge is 2.55. The van der Waals surface area contributed by atoms with Gasteiger partial charge in [-0.05, 0) is 12.8 Å². The molecule has 2 aliphatic rings. The zero-order valence-electron chi connectivity index (χ0n) is 13.1. The number of carboxylic acid groups (broad SMARTS) is 1. The second-order valence-electron chi connectivity index (χ2n) is 5.86. The topological polar surface area (TPSA) is 100 Å². The maximum Gasteiger partial charge on any atom is 0.348 e. The van der Waals surface area contributed by atoms with Gasteiger partial charge in [-0.1, -0.05) is 13.8 Å². The molecular formula is C14H17F2N3O4. The van der Waals surface area contributed by atoms with Gasteiger partial charge in [0, 0.05) is 6.08 Å². The minimum absolute atomic E-state index is 0.222. The van der Waals surface area contributed by atoms with Gasteiger partial charge >= 0.3 is 5.97 Å². The van der Waals surface area contributed by atoms with Gasteiger partial charge in [0.05, 0.1) is 7.11 Å². The predicted molar refractivity (Wildman–Crippen MR) is 77.7 cm³/mol. The molecule has 1 amide bonds. The van der Waals surface area contributed by atoms with E-state index in [4.69, 9.17) is 5.11 Å². The van der Waals surface area contributed by atoms with Gasteiger partial charge in [-0.3, -0.25) is 9.79 Å². The van der Waals surface area contributed by atoms with Crippen molar-refractivity contribution in [3.05, 3.63) is 11.9 Å². The standard InChI is InChI=1S/C14H17F2N3O4/c1-6(2)13(3)11(20)18-9(19-13)8-14(16,12(21)22)5-7(15)10(17-8)23-4/h5-6,8H,1-4H3,(H,21,22)(H,18,19,20). The highest BCUT2D eigenvalue weighted by atomic mass is 19.1. The summed E-state index contributed by atoms with van der Waals surface area (Å²) in [6.07, 6.45) is 0.269. The van der Waals surface area contributed by atoms with Crippen LogP contribution in [0.1, 0.15) is 20.8 Å². The van der Waals surface area contributed by atoms with Crippen LogP contribution < -0.4 is 5.32 Å². The molecule has 9 heteroatoms. The average molecular weight is 329 g/mol. The van der Waals surface area contributed by atoms with Crippen LogP contribution in [-0.2, 0) is 14.3 Å². The third-order valence-electron chi connectivity index (χ3n) is 4.14. The third kappa shape index (κ3) is 2.49. The summed E-state index contributed by atoms with van der Waals surface area (Å²) in [7, 11) is 1.11. The van der Waals surface area contributed by atoms with Crippen molar-refractivity contribution in [3.8, 4) is 0 Å². The van der Waals surface area contributed by atoms with Crippen LogP contribution >= 0.6 is 0 Å². The molecule has 0 aromatic heterocycles. The predicted octanol–water partition coefficient (Wildman–Crippen LogP) is 1.00. The first-order valence-electron chi connectivity index (χ1n) is 6.90. The largest absolute Gasteiger partial charge is 0.479 e. The molecule has 2 aliphatic heterocycles. The van der Waals surface area contributed by atoms with E-state index in [-0.39, 0.29) is 17.8 Å². The quantitative estimate of drug-likeness (QED) is 0.807. The van der Waals surface area contributed by atoms with Gasteiger partial charge in [0.25, 0.3) is 11.6 Å². The number of amides is 1. The molecule has 2 heterocycles. The maximum atomic E-state index is 14.8. The number of methoxy groups -OCH3 is 1. The summed E-state index contributed by atoms with van der Waals surface area (Å²) in [4.78, 5) is 31.2. The molecule has 2 N–H and O–H groups in total. The molecular weight excluding hydrogens is 312 g/mol. The van der Waals surface area contributed by atoms with Crippen molar-refractivity contribution >= 4 is 23.6 Å². The van der Waals surface area contributed by atoms with E-state index in [0.29, 0.717) is 0 Å². The number of aliphatic imine (C=N–C) groups is 2. The van der Waals surface area contributed by atoms with Crippen molar-refractivity contribution < 1.29 is 28.2 Å². The number of aliphatic carboxylic acids is 1. The molecule has 0 saturated carbocycles. The fourth-order valence-electron chi connectivity index (χ4n) is 2.28. The van der Waals surface area contributed by atoms with Crippen LogP contribution in [0.5, 0.6) is 0 Å². The zero-order valence-corrected chi connectivity index (χ0v) is 13.1. The van der Waals surface area contributed by atoms with Crippen LogP contribution in [0.25, 0.3) is 0 Å². The molecule has 0 aliphatic carbocycles. The molecule has 0 aromatic rings. The Morgan fingerprint density at radius 1 is 1.52 bits per heavy atom. The number of rotatable bonds is 3. The molecule has 0 saturated heterocycles. The second-order valence-corrected chi connectivity index (χ2v) is 5.86. The molecule has 0 bridgehead atoms. The lowest BCUT2D eigenvalue weighted by Gasteiger charge is -2.28. The molecule has 7 nitrogen and oxygen atoms in total. The van der Waals surface area contributed by atoms with Crippen LogP contribution in [0.15, 0.2) is 21.9 Å². The number of carboxylic acids is 1. The molecule has 126 valence electrons. The van der Waals surface area contributed by atoms with Crippen molar-refractivity contribution in [2.24, 2.45) is 15.9 Å². The van der Waals surface area contributed by atoms with Gasteiger partial charge in [0.2, 0.25) is 5.90 Å². The zero-order chi connectivity index (χ0) is 17.6. The van der Waals surface area contributed by atoms with E-state index < -0.39 is 40.9 Å². The Bertz CT molecular complexity index is 658. The summed E-state index contributed by atoms with van der Waals surface area (Å²) >= 11 is 0. The van der Waals surface area contributed by atoms with Crippen molar-refractivity contribution in [3.63, 3.8) is 0 Å². The lowest BCUT2D eigenvalue weighted by Crippen LogP contribution is -2.53. The molecule has 3 atom stereocenters. The Hall–Kier alpha value is -2.32. The van der Waals surface area contributed by atoms with Gasteiger partial charge < -0.3 is 15.2 Å². The van der Waals surface area contributed by atoms with Crippen LogP contribution in [0.4, 0.5) is 8.78 Å². The number of nitrogens with zero attached hydrogens (tertiary/aromatic N) is 2. The van der Waals surface area contributed by atoms with Crippen molar-refractivity contribution in [2.45, 2.75) is 38.0 Å². The number of carbonyl (C=O) groups excluding carboxylic acids is 1. The van der Waals surface area contributed by atoms with E-state index in [1.165, 1.54) is 0 Å². The van der Waals surface area contributed by atoms with Gasteiger partial charge in [-0.2, -0.15) is 0 Å². The normalized spacial score (nSPS) is 33.8. The highest BCUT2D eigenvalue weighted by Crippen LogP contribution is 2.34. The minimum atomic E-state index is -3.18. The summed E-state index contributed by atoms with van der Waals surface area (Å²) < 4.78 is 33.2. The summed E-state index contributed by atoms with van der Waals surface area (Å²) in [5.74, 6) is -4.72. The number of halogens is 2. The number of carbonyl (C=O) groups is 2. The summed E-state index contributed by atoms with van der Waals surface area (Å²) in [5, 5.41) is 11.5. The Morgan fingerprint density at radius 2 is 2.13 bits per heavy atom. The van der Waals surface area contributed by atoms with E-state index in [1.54, 1.807) is 20.8 Å². The summed E-state index contributed by atoms with van der Waals surface area (Å²) in [6.45, 7) is 5.04.